The number of hydrogen-bond acceptors (Lipinski definition) is 4. The first-order chi connectivity index (χ1) is 10.1. The Morgan fingerprint density at radius 1 is 1.38 bits per heavy atom. The molecule has 0 saturated carbocycles. The van der Waals surface area contributed by atoms with E-state index in [1.54, 1.807) is 6.07 Å². The molecule has 1 fully saturated rings. The Hall–Kier alpha value is -2.63. The second-order valence-electron chi connectivity index (χ2n) is 4.96. The van der Waals surface area contributed by atoms with E-state index in [9.17, 15) is 9.59 Å². The van der Waals surface area contributed by atoms with Crippen LogP contribution in [0.5, 0.6) is 0 Å². The fraction of sp³-hybridized carbons (Fsp3) is 0.267. The van der Waals surface area contributed by atoms with Crippen molar-refractivity contribution in [3.8, 4) is 0 Å². The molecule has 21 heavy (non-hydrogen) atoms. The molecule has 1 aromatic heterocycles. The third kappa shape index (κ3) is 2.79. The van der Waals surface area contributed by atoms with Gasteiger partial charge in [0.2, 0.25) is 11.8 Å². The van der Waals surface area contributed by atoms with Gasteiger partial charge in [-0.15, -0.1) is 0 Å². The zero-order valence-corrected chi connectivity index (χ0v) is 11.2. The van der Waals surface area contributed by atoms with E-state index < -0.39 is 11.9 Å². The Bertz CT molecular complexity index is 686. The number of carbonyl (C=O) groups excluding carboxylic acids is 1. The molecule has 1 aliphatic rings. The standard InChI is InChI=1S/C15H14N2O4/c18-14(17-8-7-10(9-17)15(19)20)6-5-13-16-11-3-1-2-4-12(11)21-13/h1-6,10H,7-9H2,(H,19,20)/b6-5+/t10-/m1/s1. The van der Waals surface area contributed by atoms with Gasteiger partial charge in [-0.2, -0.15) is 0 Å². The van der Waals surface area contributed by atoms with Crippen molar-refractivity contribution in [3.63, 3.8) is 0 Å². The van der Waals surface area contributed by atoms with Crippen LogP contribution in [0.3, 0.4) is 0 Å². The SMILES string of the molecule is O=C(O)[C@@H]1CCN(C(=O)/C=C/c2nc3ccccc3o2)C1. The number of nitrogens with zero attached hydrogens (tertiary/aromatic N) is 2. The van der Waals surface area contributed by atoms with Crippen LogP contribution >= 0.6 is 0 Å². The predicted molar refractivity (Wildman–Crippen MR) is 75.4 cm³/mol. The fourth-order valence-corrected chi connectivity index (χ4v) is 2.37. The number of aliphatic carboxylic acids is 1. The van der Waals surface area contributed by atoms with Crippen molar-refractivity contribution in [2.45, 2.75) is 6.42 Å². The number of likely N-dealkylation sites (tertiary alicyclic amines) is 1. The van der Waals surface area contributed by atoms with Gasteiger partial charge in [-0.1, -0.05) is 12.1 Å². The van der Waals surface area contributed by atoms with Gasteiger partial charge in [-0.25, -0.2) is 4.98 Å². The third-order valence-corrected chi connectivity index (χ3v) is 3.53. The second kappa shape index (κ2) is 5.40. The number of aromatic nitrogens is 1. The van der Waals surface area contributed by atoms with Gasteiger partial charge >= 0.3 is 5.97 Å². The zero-order chi connectivity index (χ0) is 14.8. The van der Waals surface area contributed by atoms with Crippen LogP contribution in [0, 0.1) is 5.92 Å². The molecule has 2 heterocycles. The van der Waals surface area contributed by atoms with Crippen LogP contribution in [0.25, 0.3) is 17.2 Å². The Morgan fingerprint density at radius 2 is 2.19 bits per heavy atom. The highest BCUT2D eigenvalue weighted by atomic mass is 16.4. The molecule has 2 aromatic rings. The van der Waals surface area contributed by atoms with Crippen LogP contribution in [-0.2, 0) is 9.59 Å². The van der Waals surface area contributed by atoms with Gasteiger partial charge in [0.1, 0.15) is 5.52 Å². The average molecular weight is 286 g/mol. The summed E-state index contributed by atoms with van der Waals surface area (Å²) in [6.07, 6.45) is 3.38. The normalized spacial score (nSPS) is 18.7. The van der Waals surface area contributed by atoms with E-state index in [1.807, 2.05) is 18.2 Å². The smallest absolute Gasteiger partial charge is 0.308 e. The van der Waals surface area contributed by atoms with Crippen molar-refractivity contribution in [2.24, 2.45) is 5.92 Å². The number of fused-ring (bicyclic) bond motifs is 1. The molecule has 1 N–H and O–H groups in total. The molecule has 0 spiro atoms. The summed E-state index contributed by atoms with van der Waals surface area (Å²) in [7, 11) is 0. The summed E-state index contributed by atoms with van der Waals surface area (Å²) in [5.74, 6) is -1.18. The molecule has 0 radical (unpaired) electrons. The summed E-state index contributed by atoms with van der Waals surface area (Å²) >= 11 is 0. The number of rotatable bonds is 3. The van der Waals surface area contributed by atoms with Crippen LogP contribution in [0.1, 0.15) is 12.3 Å². The molecule has 0 aliphatic carbocycles. The molecule has 6 nitrogen and oxygen atoms in total. The second-order valence-corrected chi connectivity index (χ2v) is 4.96. The van der Waals surface area contributed by atoms with Crippen LogP contribution in [0.2, 0.25) is 0 Å². The lowest BCUT2D eigenvalue weighted by atomic mass is 10.1. The molecule has 3 rings (SSSR count). The molecule has 6 heteroatoms. The summed E-state index contributed by atoms with van der Waals surface area (Å²) < 4.78 is 5.48. The van der Waals surface area contributed by atoms with E-state index in [0.717, 1.165) is 5.52 Å². The lowest BCUT2D eigenvalue weighted by Gasteiger charge is -2.12. The maximum atomic E-state index is 12.0. The minimum absolute atomic E-state index is 0.221. The third-order valence-electron chi connectivity index (χ3n) is 3.53. The van der Waals surface area contributed by atoms with E-state index in [4.69, 9.17) is 9.52 Å². The van der Waals surface area contributed by atoms with Crippen LogP contribution in [0.15, 0.2) is 34.8 Å². The summed E-state index contributed by atoms with van der Waals surface area (Å²) in [5, 5.41) is 8.92. The van der Waals surface area contributed by atoms with Crippen molar-refractivity contribution in [2.75, 3.05) is 13.1 Å². The first-order valence-corrected chi connectivity index (χ1v) is 6.69. The lowest BCUT2D eigenvalue weighted by molar-refractivity contribution is -0.141. The van der Waals surface area contributed by atoms with Gasteiger partial charge < -0.3 is 14.4 Å². The van der Waals surface area contributed by atoms with Crippen molar-refractivity contribution >= 4 is 29.1 Å². The molecule has 1 amide bonds. The average Bonchev–Trinajstić information content (AvgIpc) is 3.11. The van der Waals surface area contributed by atoms with Crippen molar-refractivity contribution in [1.82, 2.24) is 9.88 Å². The van der Waals surface area contributed by atoms with Gasteiger partial charge in [-0.3, -0.25) is 9.59 Å². The number of hydrogen-bond donors (Lipinski definition) is 1. The Morgan fingerprint density at radius 3 is 2.90 bits per heavy atom. The number of carboxylic acid groups (broad SMARTS) is 1. The minimum Gasteiger partial charge on any atom is -0.481 e. The Labute approximate surface area is 120 Å². The van der Waals surface area contributed by atoms with Crippen LogP contribution < -0.4 is 0 Å². The van der Waals surface area contributed by atoms with Crippen LogP contribution in [0.4, 0.5) is 0 Å². The van der Waals surface area contributed by atoms with E-state index in [0.29, 0.717) is 24.4 Å². The molecule has 108 valence electrons. The maximum Gasteiger partial charge on any atom is 0.308 e. The highest BCUT2D eigenvalue weighted by Gasteiger charge is 2.29. The van der Waals surface area contributed by atoms with Crippen molar-refractivity contribution < 1.29 is 19.1 Å². The van der Waals surface area contributed by atoms with Gasteiger partial charge in [0, 0.05) is 25.2 Å². The summed E-state index contributed by atoms with van der Waals surface area (Å²) in [6.45, 7) is 0.722. The van der Waals surface area contributed by atoms with Gasteiger partial charge in [-0.05, 0) is 18.6 Å². The number of para-hydroxylation sites is 2. The van der Waals surface area contributed by atoms with Crippen molar-refractivity contribution in [1.29, 1.82) is 0 Å². The maximum absolute atomic E-state index is 12.0. The topological polar surface area (TPSA) is 83.6 Å². The first-order valence-electron chi connectivity index (χ1n) is 6.69. The number of carboxylic acids is 1. The zero-order valence-electron chi connectivity index (χ0n) is 11.2. The van der Waals surface area contributed by atoms with Crippen LogP contribution in [-0.4, -0.2) is 40.0 Å². The van der Waals surface area contributed by atoms with Gasteiger partial charge in [0.15, 0.2) is 5.58 Å². The summed E-state index contributed by atoms with van der Waals surface area (Å²) in [6, 6.07) is 7.34. The predicted octanol–water partition coefficient (Wildman–Crippen LogP) is 1.77. The highest BCUT2D eigenvalue weighted by Crippen LogP contribution is 2.18. The molecule has 1 aliphatic heterocycles. The number of oxazole rings is 1. The first kappa shape index (κ1) is 13.4. The Kier molecular flexibility index (Phi) is 3.43. The number of carbonyl (C=O) groups is 2. The van der Waals surface area contributed by atoms with E-state index in [-0.39, 0.29) is 12.5 Å². The quantitative estimate of drug-likeness (QED) is 0.869. The monoisotopic (exact) mass is 286 g/mol. The number of benzene rings is 1. The highest BCUT2D eigenvalue weighted by molar-refractivity contribution is 5.92. The largest absolute Gasteiger partial charge is 0.481 e. The van der Waals surface area contributed by atoms with Crippen molar-refractivity contribution in [3.05, 3.63) is 36.2 Å². The lowest BCUT2D eigenvalue weighted by Crippen LogP contribution is -2.28. The fourth-order valence-electron chi connectivity index (χ4n) is 2.37. The molecule has 1 saturated heterocycles. The van der Waals surface area contributed by atoms with Gasteiger partial charge in [0.25, 0.3) is 0 Å². The number of amides is 1. The molecule has 1 aromatic carbocycles. The van der Waals surface area contributed by atoms with E-state index in [2.05, 4.69) is 4.98 Å². The molecular formula is C15H14N2O4. The Balaban J connectivity index is 1.68. The molecular weight excluding hydrogens is 272 g/mol. The summed E-state index contributed by atoms with van der Waals surface area (Å²) in [5.41, 5.74) is 1.40. The molecule has 0 bridgehead atoms. The molecule has 1 atom stereocenters. The molecule has 0 unspecified atom stereocenters. The minimum atomic E-state index is -0.853. The summed E-state index contributed by atoms with van der Waals surface area (Å²) in [4.78, 5) is 28.6. The van der Waals surface area contributed by atoms with E-state index in [1.165, 1.54) is 17.1 Å². The van der Waals surface area contributed by atoms with Gasteiger partial charge in [0.05, 0.1) is 5.92 Å². The van der Waals surface area contributed by atoms with E-state index >= 15 is 0 Å².